The number of benzene rings is 2. The van der Waals surface area contributed by atoms with Gasteiger partial charge >= 0.3 is 0 Å². The molecule has 2 aromatic rings. The third-order valence-corrected chi connectivity index (χ3v) is 4.19. The van der Waals surface area contributed by atoms with Crippen molar-refractivity contribution >= 4 is 0 Å². The quantitative estimate of drug-likeness (QED) is 0.784. The Morgan fingerprint density at radius 3 is 2.58 bits per heavy atom. The largest absolute Gasteiger partial charge is 0.301 e. The highest BCUT2D eigenvalue weighted by Gasteiger charge is 2.25. The Hall–Kier alpha value is -1.60. The molecule has 2 aromatic carbocycles. The van der Waals surface area contributed by atoms with Crippen LogP contribution in [0.3, 0.4) is 0 Å². The molecule has 0 radical (unpaired) electrons. The minimum absolute atomic E-state index is 0.515. The first-order valence-electron chi connectivity index (χ1n) is 7.13. The van der Waals surface area contributed by atoms with E-state index in [2.05, 4.69) is 67.4 Å². The molecule has 0 aliphatic carbocycles. The second kappa shape index (κ2) is 5.18. The highest BCUT2D eigenvalue weighted by molar-refractivity contribution is 5.44. The number of nitrogens with zero attached hydrogens (tertiary/aromatic N) is 1. The minimum atomic E-state index is 0.515. The fourth-order valence-electron chi connectivity index (χ4n) is 3.22. The lowest BCUT2D eigenvalue weighted by atomic mass is 9.82. The van der Waals surface area contributed by atoms with Crippen molar-refractivity contribution in [2.75, 3.05) is 13.6 Å². The monoisotopic (exact) mass is 251 g/mol. The van der Waals surface area contributed by atoms with Crippen molar-refractivity contribution in [3.05, 3.63) is 70.8 Å². The minimum Gasteiger partial charge on any atom is -0.301 e. The summed E-state index contributed by atoms with van der Waals surface area (Å²) in [6.45, 7) is 4.45. The van der Waals surface area contributed by atoms with Crippen LogP contribution in [-0.4, -0.2) is 18.5 Å². The van der Waals surface area contributed by atoms with E-state index in [0.29, 0.717) is 5.92 Å². The number of aryl methyl sites for hydroxylation is 1. The van der Waals surface area contributed by atoms with Gasteiger partial charge in [0.25, 0.3) is 0 Å². The van der Waals surface area contributed by atoms with Gasteiger partial charge in [0.15, 0.2) is 0 Å². The van der Waals surface area contributed by atoms with Gasteiger partial charge in [-0.15, -0.1) is 0 Å². The van der Waals surface area contributed by atoms with Crippen LogP contribution in [0.4, 0.5) is 0 Å². The van der Waals surface area contributed by atoms with Crippen molar-refractivity contribution in [2.24, 2.45) is 0 Å². The normalized spacial score (nSPS) is 19.2. The average molecular weight is 251 g/mol. The van der Waals surface area contributed by atoms with Gasteiger partial charge in [-0.2, -0.15) is 0 Å². The third kappa shape index (κ3) is 2.31. The van der Waals surface area contributed by atoms with Crippen LogP contribution in [0, 0.1) is 0 Å². The topological polar surface area (TPSA) is 3.24 Å². The Kier molecular flexibility index (Phi) is 3.39. The van der Waals surface area contributed by atoms with Crippen LogP contribution >= 0.6 is 0 Å². The van der Waals surface area contributed by atoms with Gasteiger partial charge in [-0.05, 0) is 35.7 Å². The lowest BCUT2D eigenvalue weighted by Gasteiger charge is -2.34. The smallest absolute Gasteiger partial charge is 0.0236 e. The van der Waals surface area contributed by atoms with Crippen LogP contribution in [0.15, 0.2) is 48.5 Å². The Morgan fingerprint density at radius 1 is 1.05 bits per heavy atom. The maximum absolute atomic E-state index is 2.44. The van der Waals surface area contributed by atoms with E-state index in [9.17, 15) is 0 Å². The van der Waals surface area contributed by atoms with E-state index in [-0.39, 0.29) is 0 Å². The zero-order valence-electron chi connectivity index (χ0n) is 11.8. The van der Waals surface area contributed by atoms with Crippen LogP contribution in [0.1, 0.15) is 35.1 Å². The predicted octanol–water partition coefficient (Wildman–Crippen LogP) is 3.83. The molecular formula is C18H21N. The SMILES string of the molecule is CCc1cccc2c1CN(C)CC2c1ccccc1. The Labute approximate surface area is 115 Å². The van der Waals surface area contributed by atoms with Crippen molar-refractivity contribution in [2.45, 2.75) is 25.8 Å². The predicted molar refractivity (Wildman–Crippen MR) is 80.4 cm³/mol. The molecule has 0 saturated heterocycles. The summed E-state index contributed by atoms with van der Waals surface area (Å²) in [4.78, 5) is 2.44. The van der Waals surface area contributed by atoms with Crippen molar-refractivity contribution in [1.29, 1.82) is 0 Å². The van der Waals surface area contributed by atoms with Gasteiger partial charge in [-0.25, -0.2) is 0 Å². The molecule has 0 N–H and O–H groups in total. The molecule has 0 spiro atoms. The van der Waals surface area contributed by atoms with Gasteiger partial charge < -0.3 is 4.90 Å². The first-order valence-corrected chi connectivity index (χ1v) is 7.13. The van der Waals surface area contributed by atoms with Gasteiger partial charge in [0.05, 0.1) is 0 Å². The van der Waals surface area contributed by atoms with Crippen LogP contribution in [0.25, 0.3) is 0 Å². The zero-order chi connectivity index (χ0) is 13.2. The Balaban J connectivity index is 2.10. The summed E-state index contributed by atoms with van der Waals surface area (Å²) in [6, 6.07) is 17.7. The lowest BCUT2D eigenvalue weighted by molar-refractivity contribution is 0.294. The van der Waals surface area contributed by atoms with Crippen molar-refractivity contribution < 1.29 is 0 Å². The molecule has 1 heteroatoms. The molecule has 1 heterocycles. The maximum atomic E-state index is 2.44. The van der Waals surface area contributed by atoms with E-state index in [4.69, 9.17) is 0 Å². The highest BCUT2D eigenvalue weighted by Crippen LogP contribution is 2.34. The van der Waals surface area contributed by atoms with Crippen LogP contribution < -0.4 is 0 Å². The van der Waals surface area contributed by atoms with Crippen LogP contribution in [0.2, 0.25) is 0 Å². The average Bonchev–Trinajstić information content (AvgIpc) is 2.46. The summed E-state index contributed by atoms with van der Waals surface area (Å²) >= 11 is 0. The molecule has 1 atom stereocenters. The summed E-state index contributed by atoms with van der Waals surface area (Å²) in [5.74, 6) is 0.515. The zero-order valence-corrected chi connectivity index (χ0v) is 11.8. The number of rotatable bonds is 2. The third-order valence-electron chi connectivity index (χ3n) is 4.19. The second-order valence-corrected chi connectivity index (χ2v) is 5.50. The van der Waals surface area contributed by atoms with Gasteiger partial charge in [-0.1, -0.05) is 55.5 Å². The summed E-state index contributed by atoms with van der Waals surface area (Å²) in [7, 11) is 2.23. The van der Waals surface area contributed by atoms with Gasteiger partial charge in [0.2, 0.25) is 0 Å². The van der Waals surface area contributed by atoms with Crippen LogP contribution in [-0.2, 0) is 13.0 Å². The summed E-state index contributed by atoms with van der Waals surface area (Å²) in [5.41, 5.74) is 6.02. The highest BCUT2D eigenvalue weighted by atomic mass is 15.1. The van der Waals surface area contributed by atoms with E-state index in [1.54, 1.807) is 5.56 Å². The molecule has 0 saturated carbocycles. The van der Waals surface area contributed by atoms with E-state index in [0.717, 1.165) is 19.5 Å². The van der Waals surface area contributed by atoms with Crippen molar-refractivity contribution in [3.63, 3.8) is 0 Å². The Bertz CT molecular complexity index is 559. The molecule has 3 rings (SSSR count). The van der Waals surface area contributed by atoms with Gasteiger partial charge in [0, 0.05) is 19.0 Å². The molecule has 19 heavy (non-hydrogen) atoms. The van der Waals surface area contributed by atoms with E-state index in [1.165, 1.54) is 16.7 Å². The molecule has 0 amide bonds. The van der Waals surface area contributed by atoms with E-state index < -0.39 is 0 Å². The fraction of sp³-hybridized carbons (Fsp3) is 0.333. The summed E-state index contributed by atoms with van der Waals surface area (Å²) in [6.07, 6.45) is 1.12. The van der Waals surface area contributed by atoms with Gasteiger partial charge in [-0.3, -0.25) is 0 Å². The molecule has 98 valence electrons. The molecule has 1 aliphatic heterocycles. The van der Waals surface area contributed by atoms with Crippen molar-refractivity contribution in [1.82, 2.24) is 4.90 Å². The molecule has 1 nitrogen and oxygen atoms in total. The summed E-state index contributed by atoms with van der Waals surface area (Å²) in [5, 5.41) is 0. The number of hydrogen-bond acceptors (Lipinski definition) is 1. The molecular weight excluding hydrogens is 230 g/mol. The Morgan fingerprint density at radius 2 is 1.84 bits per heavy atom. The first-order chi connectivity index (χ1) is 9.29. The van der Waals surface area contributed by atoms with Crippen molar-refractivity contribution in [3.8, 4) is 0 Å². The first kappa shape index (κ1) is 12.4. The van der Waals surface area contributed by atoms with Crippen LogP contribution in [0.5, 0.6) is 0 Å². The fourth-order valence-corrected chi connectivity index (χ4v) is 3.22. The number of likely N-dealkylation sites (N-methyl/N-ethyl adjacent to an activating group) is 1. The van der Waals surface area contributed by atoms with E-state index >= 15 is 0 Å². The van der Waals surface area contributed by atoms with Gasteiger partial charge in [0.1, 0.15) is 0 Å². The maximum Gasteiger partial charge on any atom is 0.0236 e. The molecule has 1 aliphatic rings. The molecule has 0 aromatic heterocycles. The molecule has 0 fully saturated rings. The number of hydrogen-bond donors (Lipinski definition) is 0. The summed E-state index contributed by atoms with van der Waals surface area (Å²) < 4.78 is 0. The van der Waals surface area contributed by atoms with E-state index in [1.807, 2.05) is 0 Å². The molecule has 0 bridgehead atoms. The second-order valence-electron chi connectivity index (χ2n) is 5.50. The standard InChI is InChI=1S/C18H21N/c1-3-14-10-7-11-16-17(14)12-19(2)13-18(16)15-8-5-4-6-9-15/h4-11,18H,3,12-13H2,1-2H3. The molecule has 1 unspecified atom stereocenters. The number of fused-ring (bicyclic) bond motifs is 1. The lowest BCUT2D eigenvalue weighted by Crippen LogP contribution is -2.31.